The van der Waals surface area contributed by atoms with Gasteiger partial charge in [-0.2, -0.15) is 5.10 Å². The molecule has 3 atom stereocenters. The first-order valence-electron chi connectivity index (χ1n) is 8.04. The Kier molecular flexibility index (Phi) is 5.97. The number of aryl methyl sites for hydroxylation is 2. The summed E-state index contributed by atoms with van der Waals surface area (Å²) in [5.41, 5.74) is 1.12. The average Bonchev–Trinajstić information content (AvgIpc) is 2.75. The molecule has 0 aliphatic heterocycles. The van der Waals surface area contributed by atoms with E-state index in [0.717, 1.165) is 18.2 Å². The summed E-state index contributed by atoms with van der Waals surface area (Å²) in [6.07, 6.45) is 6.59. The van der Waals surface area contributed by atoms with E-state index in [4.69, 9.17) is 0 Å². The maximum atomic E-state index is 4.48. The quantitative estimate of drug-likeness (QED) is 0.866. The van der Waals surface area contributed by atoms with Crippen molar-refractivity contribution >= 4 is 11.8 Å². The third kappa shape index (κ3) is 4.01. The van der Waals surface area contributed by atoms with Gasteiger partial charge < -0.3 is 5.32 Å². The summed E-state index contributed by atoms with van der Waals surface area (Å²) >= 11 is 2.03. The van der Waals surface area contributed by atoms with Crippen molar-refractivity contribution in [2.45, 2.75) is 69.2 Å². The van der Waals surface area contributed by atoms with Crippen LogP contribution in [0.4, 0.5) is 0 Å². The van der Waals surface area contributed by atoms with Crippen molar-refractivity contribution in [1.82, 2.24) is 15.1 Å². The Hall–Kier alpha value is -0.480. The zero-order valence-electron chi connectivity index (χ0n) is 13.4. The molecule has 0 bridgehead atoms. The predicted octanol–water partition coefficient (Wildman–Crippen LogP) is 3.77. The molecule has 2 rings (SSSR count). The van der Waals surface area contributed by atoms with Gasteiger partial charge in [-0.1, -0.05) is 20.3 Å². The second-order valence-electron chi connectivity index (χ2n) is 6.05. The summed E-state index contributed by atoms with van der Waals surface area (Å²) in [7, 11) is 2.06. The van der Waals surface area contributed by atoms with Crippen LogP contribution in [0.5, 0.6) is 0 Å². The van der Waals surface area contributed by atoms with Gasteiger partial charge >= 0.3 is 0 Å². The Labute approximate surface area is 127 Å². The largest absolute Gasteiger partial charge is 0.313 e. The van der Waals surface area contributed by atoms with Crippen LogP contribution in [0.2, 0.25) is 0 Å². The third-order valence-corrected chi connectivity index (χ3v) is 5.81. The maximum Gasteiger partial charge on any atom is 0.0942 e. The highest BCUT2D eigenvalue weighted by atomic mass is 32.2. The van der Waals surface area contributed by atoms with Crippen molar-refractivity contribution in [3.63, 3.8) is 0 Å². The SMILES string of the molecule is CCCNC1CCC(CC)CC1Sc1cc(C)nn1C. The van der Waals surface area contributed by atoms with Crippen LogP contribution in [0.1, 0.15) is 51.6 Å². The fraction of sp³-hybridized carbons (Fsp3) is 0.812. The molecule has 1 aliphatic rings. The van der Waals surface area contributed by atoms with Crippen molar-refractivity contribution in [2.75, 3.05) is 6.54 Å². The number of hydrogen-bond donors (Lipinski definition) is 1. The van der Waals surface area contributed by atoms with Gasteiger partial charge in [-0.15, -0.1) is 11.8 Å². The second kappa shape index (κ2) is 7.51. The fourth-order valence-corrected chi connectivity index (χ4v) is 4.64. The lowest BCUT2D eigenvalue weighted by Gasteiger charge is -2.36. The summed E-state index contributed by atoms with van der Waals surface area (Å²) < 4.78 is 2.03. The van der Waals surface area contributed by atoms with E-state index in [9.17, 15) is 0 Å². The van der Waals surface area contributed by atoms with Crippen LogP contribution in [-0.2, 0) is 7.05 Å². The number of rotatable bonds is 6. The first-order valence-corrected chi connectivity index (χ1v) is 8.92. The van der Waals surface area contributed by atoms with Crippen molar-refractivity contribution in [3.8, 4) is 0 Å². The second-order valence-corrected chi connectivity index (χ2v) is 7.31. The molecule has 3 nitrogen and oxygen atoms in total. The molecule has 114 valence electrons. The van der Waals surface area contributed by atoms with Gasteiger partial charge in [0.1, 0.15) is 0 Å². The highest BCUT2D eigenvalue weighted by Crippen LogP contribution is 2.37. The minimum atomic E-state index is 0.665. The zero-order chi connectivity index (χ0) is 14.5. The van der Waals surface area contributed by atoms with Crippen LogP contribution in [-0.4, -0.2) is 27.6 Å². The smallest absolute Gasteiger partial charge is 0.0942 e. The van der Waals surface area contributed by atoms with Crippen LogP contribution in [0.3, 0.4) is 0 Å². The average molecular weight is 295 g/mol. The van der Waals surface area contributed by atoms with Gasteiger partial charge in [0, 0.05) is 18.3 Å². The van der Waals surface area contributed by atoms with Gasteiger partial charge in [0.05, 0.1) is 10.7 Å². The molecule has 1 aromatic heterocycles. The molecule has 0 radical (unpaired) electrons. The van der Waals surface area contributed by atoms with E-state index in [0.29, 0.717) is 11.3 Å². The van der Waals surface area contributed by atoms with E-state index in [2.05, 4.69) is 44.3 Å². The summed E-state index contributed by atoms with van der Waals surface area (Å²) in [6, 6.07) is 2.88. The molecule has 0 spiro atoms. The molecular weight excluding hydrogens is 266 g/mol. The number of nitrogens with zero attached hydrogens (tertiary/aromatic N) is 2. The predicted molar refractivity (Wildman–Crippen MR) is 87.3 cm³/mol. The monoisotopic (exact) mass is 295 g/mol. The van der Waals surface area contributed by atoms with Crippen LogP contribution >= 0.6 is 11.8 Å². The van der Waals surface area contributed by atoms with Gasteiger partial charge in [-0.3, -0.25) is 4.68 Å². The van der Waals surface area contributed by atoms with E-state index in [1.165, 1.54) is 37.1 Å². The summed E-state index contributed by atoms with van der Waals surface area (Å²) in [5, 5.41) is 10.2. The van der Waals surface area contributed by atoms with Crippen LogP contribution < -0.4 is 5.32 Å². The van der Waals surface area contributed by atoms with Crippen LogP contribution in [0, 0.1) is 12.8 Å². The third-order valence-electron chi connectivity index (χ3n) is 4.37. The molecule has 1 fully saturated rings. The lowest BCUT2D eigenvalue weighted by Crippen LogP contribution is -2.43. The topological polar surface area (TPSA) is 29.9 Å². The molecule has 1 N–H and O–H groups in total. The Balaban J connectivity index is 2.04. The maximum absolute atomic E-state index is 4.48. The molecule has 1 saturated carbocycles. The Bertz CT molecular complexity index is 416. The van der Waals surface area contributed by atoms with E-state index < -0.39 is 0 Å². The summed E-state index contributed by atoms with van der Waals surface area (Å²) in [5.74, 6) is 0.904. The molecule has 1 aliphatic carbocycles. The van der Waals surface area contributed by atoms with Gasteiger partial charge in [0.15, 0.2) is 0 Å². The van der Waals surface area contributed by atoms with Crippen LogP contribution in [0.25, 0.3) is 0 Å². The van der Waals surface area contributed by atoms with Crippen molar-refractivity contribution in [1.29, 1.82) is 0 Å². The van der Waals surface area contributed by atoms with Crippen molar-refractivity contribution in [3.05, 3.63) is 11.8 Å². The molecule has 0 amide bonds. The number of aromatic nitrogens is 2. The normalized spacial score (nSPS) is 26.9. The van der Waals surface area contributed by atoms with Crippen molar-refractivity contribution < 1.29 is 0 Å². The Morgan fingerprint density at radius 2 is 2.20 bits per heavy atom. The highest BCUT2D eigenvalue weighted by molar-refractivity contribution is 7.99. The minimum absolute atomic E-state index is 0.665. The molecular formula is C16H29N3S. The molecule has 0 aromatic carbocycles. The first kappa shape index (κ1) is 15.9. The first-order chi connectivity index (χ1) is 9.63. The Morgan fingerprint density at radius 3 is 2.80 bits per heavy atom. The van der Waals surface area contributed by atoms with Gasteiger partial charge in [0.2, 0.25) is 0 Å². The molecule has 1 heterocycles. The van der Waals surface area contributed by atoms with E-state index in [1.807, 2.05) is 16.4 Å². The molecule has 20 heavy (non-hydrogen) atoms. The van der Waals surface area contributed by atoms with E-state index >= 15 is 0 Å². The molecule has 4 heteroatoms. The summed E-state index contributed by atoms with van der Waals surface area (Å²) in [4.78, 5) is 0. The lowest BCUT2D eigenvalue weighted by atomic mass is 9.84. The minimum Gasteiger partial charge on any atom is -0.313 e. The summed E-state index contributed by atoms with van der Waals surface area (Å²) in [6.45, 7) is 7.80. The number of nitrogens with one attached hydrogen (secondary N) is 1. The Morgan fingerprint density at radius 1 is 1.40 bits per heavy atom. The lowest BCUT2D eigenvalue weighted by molar-refractivity contribution is 0.295. The van der Waals surface area contributed by atoms with Gasteiger partial charge in [0.25, 0.3) is 0 Å². The fourth-order valence-electron chi connectivity index (χ4n) is 3.13. The van der Waals surface area contributed by atoms with Crippen molar-refractivity contribution in [2.24, 2.45) is 13.0 Å². The van der Waals surface area contributed by atoms with E-state index in [-0.39, 0.29) is 0 Å². The number of hydrogen-bond acceptors (Lipinski definition) is 3. The van der Waals surface area contributed by atoms with E-state index in [1.54, 1.807) is 0 Å². The van der Waals surface area contributed by atoms with Crippen LogP contribution in [0.15, 0.2) is 11.1 Å². The molecule has 1 aromatic rings. The highest BCUT2D eigenvalue weighted by Gasteiger charge is 2.30. The van der Waals surface area contributed by atoms with Gasteiger partial charge in [-0.05, 0) is 51.1 Å². The van der Waals surface area contributed by atoms with Gasteiger partial charge in [-0.25, -0.2) is 0 Å². The molecule has 3 unspecified atom stereocenters. The number of thioether (sulfide) groups is 1. The molecule has 0 saturated heterocycles. The standard InChI is InChI=1S/C16H29N3S/c1-5-9-17-14-8-7-13(6-2)11-15(14)20-16-10-12(3)18-19(16)4/h10,13-15,17H,5-9,11H2,1-4H3. The zero-order valence-corrected chi connectivity index (χ0v) is 14.2.